The van der Waals surface area contributed by atoms with Crippen LogP contribution in [0.3, 0.4) is 0 Å². The molecule has 14 heavy (non-hydrogen) atoms. The summed E-state index contributed by atoms with van der Waals surface area (Å²) in [5.41, 5.74) is 1.99. The van der Waals surface area contributed by atoms with Gasteiger partial charge in [-0.1, -0.05) is 30.3 Å². The summed E-state index contributed by atoms with van der Waals surface area (Å²) in [4.78, 5) is 2.53. The van der Waals surface area contributed by atoms with Crippen molar-refractivity contribution < 1.29 is 0 Å². The minimum atomic E-state index is 0.536. The zero-order valence-electron chi connectivity index (χ0n) is 8.02. The van der Waals surface area contributed by atoms with Gasteiger partial charge in [-0.2, -0.15) is 0 Å². The lowest BCUT2D eigenvalue weighted by molar-refractivity contribution is 0.346. The molecule has 2 aliphatic heterocycles. The van der Waals surface area contributed by atoms with Crippen LogP contribution >= 0.6 is 11.8 Å². The van der Waals surface area contributed by atoms with Gasteiger partial charge in [0, 0.05) is 24.9 Å². The Bertz CT molecular complexity index is 302. The molecule has 2 saturated heterocycles. The number of nitrogens with zero attached hydrogens (tertiary/aromatic N) is 1. The number of fused-ring (bicyclic) bond motifs is 1. The van der Waals surface area contributed by atoms with E-state index in [4.69, 9.17) is 0 Å². The topological polar surface area (TPSA) is 15.3 Å². The van der Waals surface area contributed by atoms with Gasteiger partial charge in [0.05, 0.1) is 0 Å². The van der Waals surface area contributed by atoms with Gasteiger partial charge in [-0.3, -0.25) is 10.2 Å². The number of thioether (sulfide) groups is 1. The summed E-state index contributed by atoms with van der Waals surface area (Å²) in [6, 6.07) is 11.3. The molecular weight excluding hydrogens is 192 g/mol. The van der Waals surface area contributed by atoms with E-state index < -0.39 is 0 Å². The van der Waals surface area contributed by atoms with Gasteiger partial charge in [-0.15, -0.1) is 11.8 Å². The van der Waals surface area contributed by atoms with E-state index in [1.54, 1.807) is 0 Å². The van der Waals surface area contributed by atoms with E-state index in [0.29, 0.717) is 11.5 Å². The van der Waals surface area contributed by atoms with E-state index in [0.717, 1.165) is 0 Å². The third kappa shape index (κ3) is 1.45. The van der Waals surface area contributed by atoms with Crippen molar-refractivity contribution in [3.8, 4) is 0 Å². The smallest absolute Gasteiger partial charge is 0.109 e. The first kappa shape index (κ1) is 8.77. The molecule has 0 saturated carbocycles. The Labute approximate surface area is 88.7 Å². The number of hydrogen-bond donors (Lipinski definition) is 1. The summed E-state index contributed by atoms with van der Waals surface area (Å²) in [6.45, 7) is 2.41. The summed E-state index contributed by atoms with van der Waals surface area (Å²) in [5.74, 6) is 1.28. The zero-order valence-corrected chi connectivity index (χ0v) is 8.83. The molecule has 2 nitrogen and oxygen atoms in total. The Balaban J connectivity index is 1.77. The standard InChI is InChI=1S/C11H14N2S/c1-2-4-9(5-3-1)10-8-13-6-7-14-11(13)12-10/h1-5,10-12H,6-8H2. The van der Waals surface area contributed by atoms with E-state index in [2.05, 4.69) is 40.5 Å². The molecular formula is C11H14N2S. The Kier molecular flexibility index (Phi) is 2.24. The van der Waals surface area contributed by atoms with Gasteiger partial charge in [0.2, 0.25) is 0 Å². The lowest BCUT2D eigenvalue weighted by Crippen LogP contribution is -2.27. The molecule has 3 heteroatoms. The highest BCUT2D eigenvalue weighted by atomic mass is 32.2. The predicted octanol–water partition coefficient (Wildman–Crippen LogP) is 1.66. The Morgan fingerprint density at radius 1 is 1.29 bits per heavy atom. The van der Waals surface area contributed by atoms with Crippen molar-refractivity contribution in [2.45, 2.75) is 11.5 Å². The molecule has 74 valence electrons. The van der Waals surface area contributed by atoms with Crippen LogP contribution in [-0.2, 0) is 0 Å². The average molecular weight is 206 g/mol. The first-order valence-corrected chi connectivity index (χ1v) is 6.15. The normalized spacial score (nSPS) is 32.0. The molecule has 2 atom stereocenters. The van der Waals surface area contributed by atoms with Crippen molar-refractivity contribution in [2.24, 2.45) is 0 Å². The van der Waals surface area contributed by atoms with Crippen LogP contribution in [0.2, 0.25) is 0 Å². The highest BCUT2D eigenvalue weighted by molar-refractivity contribution is 8.00. The van der Waals surface area contributed by atoms with Crippen LogP contribution in [0, 0.1) is 0 Å². The maximum Gasteiger partial charge on any atom is 0.109 e. The molecule has 1 N–H and O–H groups in total. The van der Waals surface area contributed by atoms with Crippen LogP contribution in [0.25, 0.3) is 0 Å². The van der Waals surface area contributed by atoms with E-state index in [-0.39, 0.29) is 0 Å². The first-order chi connectivity index (χ1) is 6.93. The van der Waals surface area contributed by atoms with E-state index in [9.17, 15) is 0 Å². The Morgan fingerprint density at radius 2 is 2.14 bits per heavy atom. The minimum absolute atomic E-state index is 0.536. The summed E-state index contributed by atoms with van der Waals surface area (Å²) < 4.78 is 0. The maximum atomic E-state index is 3.66. The van der Waals surface area contributed by atoms with Gasteiger partial charge in [-0.05, 0) is 5.56 Å². The van der Waals surface area contributed by atoms with Crippen LogP contribution < -0.4 is 5.32 Å². The van der Waals surface area contributed by atoms with Crippen LogP contribution in [0.4, 0.5) is 0 Å². The molecule has 3 rings (SSSR count). The van der Waals surface area contributed by atoms with Crippen molar-refractivity contribution in [1.29, 1.82) is 0 Å². The molecule has 2 unspecified atom stereocenters. The molecule has 2 heterocycles. The molecule has 0 radical (unpaired) electrons. The van der Waals surface area contributed by atoms with Crippen molar-refractivity contribution in [1.82, 2.24) is 10.2 Å². The SMILES string of the molecule is c1ccc(C2CN3CCSC3N2)cc1. The van der Waals surface area contributed by atoms with Crippen molar-refractivity contribution in [3.05, 3.63) is 35.9 Å². The van der Waals surface area contributed by atoms with E-state index in [1.165, 1.54) is 24.4 Å². The van der Waals surface area contributed by atoms with E-state index >= 15 is 0 Å². The molecule has 0 aliphatic carbocycles. The summed E-state index contributed by atoms with van der Waals surface area (Å²) in [5, 5.41) is 3.66. The van der Waals surface area contributed by atoms with Gasteiger partial charge in [0.1, 0.15) is 5.50 Å². The highest BCUT2D eigenvalue weighted by Gasteiger charge is 2.35. The zero-order chi connectivity index (χ0) is 9.38. The number of nitrogens with one attached hydrogen (secondary N) is 1. The van der Waals surface area contributed by atoms with Crippen molar-refractivity contribution in [2.75, 3.05) is 18.8 Å². The third-order valence-electron chi connectivity index (χ3n) is 2.95. The first-order valence-electron chi connectivity index (χ1n) is 5.10. The summed E-state index contributed by atoms with van der Waals surface area (Å²) >= 11 is 2.03. The Morgan fingerprint density at radius 3 is 2.93 bits per heavy atom. The summed E-state index contributed by atoms with van der Waals surface area (Å²) in [7, 11) is 0. The molecule has 0 bridgehead atoms. The monoisotopic (exact) mass is 206 g/mol. The van der Waals surface area contributed by atoms with Gasteiger partial charge in [0.15, 0.2) is 0 Å². The van der Waals surface area contributed by atoms with Crippen LogP contribution in [0.1, 0.15) is 11.6 Å². The third-order valence-corrected chi connectivity index (χ3v) is 4.12. The van der Waals surface area contributed by atoms with Crippen LogP contribution in [0.5, 0.6) is 0 Å². The minimum Gasteiger partial charge on any atom is -0.285 e. The molecule has 0 aromatic heterocycles. The van der Waals surface area contributed by atoms with Crippen molar-refractivity contribution >= 4 is 11.8 Å². The fourth-order valence-corrected chi connectivity index (χ4v) is 3.42. The average Bonchev–Trinajstić information content (AvgIpc) is 2.78. The largest absolute Gasteiger partial charge is 0.285 e. The summed E-state index contributed by atoms with van der Waals surface area (Å²) in [6.07, 6.45) is 0. The molecule has 0 spiro atoms. The van der Waals surface area contributed by atoms with Gasteiger partial charge >= 0.3 is 0 Å². The molecule has 0 amide bonds. The van der Waals surface area contributed by atoms with Gasteiger partial charge in [0.25, 0.3) is 0 Å². The van der Waals surface area contributed by atoms with Gasteiger partial charge < -0.3 is 0 Å². The maximum absolute atomic E-state index is 3.66. The second-order valence-electron chi connectivity index (χ2n) is 3.85. The fourth-order valence-electron chi connectivity index (χ4n) is 2.19. The molecule has 2 fully saturated rings. The molecule has 2 aliphatic rings. The number of hydrogen-bond acceptors (Lipinski definition) is 3. The van der Waals surface area contributed by atoms with E-state index in [1.807, 2.05) is 11.8 Å². The lowest BCUT2D eigenvalue weighted by Gasteiger charge is -2.11. The second-order valence-corrected chi connectivity index (χ2v) is 5.04. The highest BCUT2D eigenvalue weighted by Crippen LogP contribution is 2.31. The van der Waals surface area contributed by atoms with Crippen molar-refractivity contribution in [3.63, 3.8) is 0 Å². The van der Waals surface area contributed by atoms with Crippen LogP contribution in [0.15, 0.2) is 30.3 Å². The quantitative estimate of drug-likeness (QED) is 0.752. The fraction of sp³-hybridized carbons (Fsp3) is 0.455. The molecule has 1 aromatic carbocycles. The van der Waals surface area contributed by atoms with Crippen LogP contribution in [-0.4, -0.2) is 29.2 Å². The lowest BCUT2D eigenvalue weighted by atomic mass is 10.1. The Hall–Kier alpha value is -0.510. The predicted molar refractivity (Wildman–Crippen MR) is 60.1 cm³/mol. The number of benzene rings is 1. The second kappa shape index (κ2) is 3.57. The van der Waals surface area contributed by atoms with Gasteiger partial charge in [-0.25, -0.2) is 0 Å². The molecule has 1 aromatic rings. The number of rotatable bonds is 1.